The summed E-state index contributed by atoms with van der Waals surface area (Å²) in [4.78, 5) is 12.1. The summed E-state index contributed by atoms with van der Waals surface area (Å²) in [6.45, 7) is 9.75. The molecule has 0 aliphatic rings. The van der Waals surface area contributed by atoms with Crippen LogP contribution in [-0.2, 0) is 16.1 Å². The molecule has 0 saturated carbocycles. The lowest BCUT2D eigenvalue weighted by atomic mass is 9.98. The van der Waals surface area contributed by atoms with Gasteiger partial charge in [0.15, 0.2) is 0 Å². The van der Waals surface area contributed by atoms with Crippen LogP contribution in [0, 0.1) is 32.1 Å². The highest BCUT2D eigenvalue weighted by molar-refractivity contribution is 6.30. The fraction of sp³-hybridized carbons (Fsp3) is 0.304. The zero-order chi connectivity index (χ0) is 20.8. The van der Waals surface area contributed by atoms with Gasteiger partial charge in [0.05, 0.1) is 6.10 Å². The zero-order valence-electron chi connectivity index (χ0n) is 16.8. The van der Waals surface area contributed by atoms with Crippen LogP contribution in [0.15, 0.2) is 35.9 Å². The molecule has 0 heterocycles. The second-order valence-electron chi connectivity index (χ2n) is 6.96. The Morgan fingerprint density at radius 2 is 1.86 bits per heavy atom. The molecule has 0 saturated heterocycles. The van der Waals surface area contributed by atoms with E-state index in [1.807, 2.05) is 51.1 Å². The van der Waals surface area contributed by atoms with E-state index < -0.39 is 5.97 Å². The van der Waals surface area contributed by atoms with Crippen LogP contribution in [0.3, 0.4) is 0 Å². The lowest BCUT2D eigenvalue weighted by molar-refractivity contribution is -0.142. The molecule has 2 aromatic rings. The third-order valence-corrected chi connectivity index (χ3v) is 4.46. The highest BCUT2D eigenvalue weighted by Crippen LogP contribution is 2.25. The number of halogens is 1. The van der Waals surface area contributed by atoms with Crippen LogP contribution in [0.25, 0.3) is 6.08 Å². The fourth-order valence-corrected chi connectivity index (χ4v) is 2.95. The Hall–Kier alpha value is -2.77. The Morgan fingerprint density at radius 1 is 1.14 bits per heavy atom. The molecule has 0 spiro atoms. The lowest BCUT2D eigenvalue weighted by Gasteiger charge is -2.14. The quantitative estimate of drug-likeness (QED) is 0.356. The van der Waals surface area contributed by atoms with E-state index in [2.05, 4.69) is 0 Å². The molecule has 0 aliphatic carbocycles. The maximum absolute atomic E-state index is 12.1. The zero-order valence-corrected chi connectivity index (χ0v) is 17.6. The summed E-state index contributed by atoms with van der Waals surface area (Å²) in [6, 6.07) is 11.4. The van der Waals surface area contributed by atoms with Crippen LogP contribution < -0.4 is 4.74 Å². The van der Waals surface area contributed by atoms with Gasteiger partial charge in [-0.1, -0.05) is 17.7 Å². The van der Waals surface area contributed by atoms with Gasteiger partial charge in [0.25, 0.3) is 0 Å². The third kappa shape index (κ3) is 5.61. The van der Waals surface area contributed by atoms with Gasteiger partial charge in [-0.05, 0) is 92.8 Å². The molecule has 2 rings (SSSR count). The minimum atomic E-state index is -0.618. The van der Waals surface area contributed by atoms with E-state index in [9.17, 15) is 10.1 Å². The van der Waals surface area contributed by atoms with Gasteiger partial charge in [0, 0.05) is 5.02 Å². The molecule has 0 aromatic heterocycles. The molecule has 5 heteroatoms. The summed E-state index contributed by atoms with van der Waals surface area (Å²) < 4.78 is 11.1. The van der Waals surface area contributed by atoms with E-state index in [1.165, 1.54) is 0 Å². The Labute approximate surface area is 171 Å². The second kappa shape index (κ2) is 9.43. The normalized spacial score (nSPS) is 11.3. The van der Waals surface area contributed by atoms with Crippen LogP contribution in [0.4, 0.5) is 0 Å². The highest BCUT2D eigenvalue weighted by Gasteiger charge is 2.14. The number of carbonyl (C=O) groups excluding carboxylic acids is 1. The Balaban J connectivity index is 2.29. The summed E-state index contributed by atoms with van der Waals surface area (Å²) in [7, 11) is 0. The number of ether oxygens (including phenoxy) is 2. The second-order valence-corrected chi connectivity index (χ2v) is 7.39. The van der Waals surface area contributed by atoms with Gasteiger partial charge in [-0.3, -0.25) is 0 Å². The number of hydrogen-bond acceptors (Lipinski definition) is 4. The number of nitrogens with zero attached hydrogens (tertiary/aromatic N) is 1. The van der Waals surface area contributed by atoms with Crippen molar-refractivity contribution in [2.45, 2.75) is 47.3 Å². The third-order valence-electron chi connectivity index (χ3n) is 4.23. The molecule has 0 fully saturated rings. The van der Waals surface area contributed by atoms with E-state index in [-0.39, 0.29) is 11.7 Å². The molecular formula is C23H24ClNO3. The lowest BCUT2D eigenvalue weighted by Crippen LogP contribution is -2.12. The number of aryl methyl sites for hydroxylation is 3. The number of rotatable bonds is 6. The topological polar surface area (TPSA) is 59.3 Å². The van der Waals surface area contributed by atoms with Crippen molar-refractivity contribution in [1.29, 1.82) is 5.26 Å². The Bertz CT molecular complexity index is 955. The van der Waals surface area contributed by atoms with Gasteiger partial charge in [-0.2, -0.15) is 5.26 Å². The van der Waals surface area contributed by atoms with Crippen LogP contribution in [0.5, 0.6) is 5.75 Å². The summed E-state index contributed by atoms with van der Waals surface area (Å²) in [5.41, 5.74) is 4.73. The fourth-order valence-electron chi connectivity index (χ4n) is 2.73. The van der Waals surface area contributed by atoms with E-state index in [4.69, 9.17) is 21.1 Å². The number of benzene rings is 2. The molecule has 0 atom stereocenters. The molecular weight excluding hydrogens is 374 g/mol. The average Bonchev–Trinajstić information content (AvgIpc) is 2.60. The van der Waals surface area contributed by atoms with Crippen molar-refractivity contribution in [3.05, 3.63) is 68.7 Å². The molecule has 0 radical (unpaired) electrons. The van der Waals surface area contributed by atoms with Gasteiger partial charge in [0.2, 0.25) is 0 Å². The van der Waals surface area contributed by atoms with E-state index in [0.29, 0.717) is 11.6 Å². The number of hydrogen-bond donors (Lipinski definition) is 0. The first-order valence-electron chi connectivity index (χ1n) is 9.03. The molecule has 0 amide bonds. The molecule has 4 nitrogen and oxygen atoms in total. The predicted octanol–water partition coefficient (Wildman–Crippen LogP) is 5.70. The van der Waals surface area contributed by atoms with Crippen LogP contribution in [-0.4, -0.2) is 12.1 Å². The average molecular weight is 398 g/mol. The van der Waals surface area contributed by atoms with Crippen molar-refractivity contribution in [3.8, 4) is 11.8 Å². The number of esters is 1. The molecule has 0 bridgehead atoms. The summed E-state index contributed by atoms with van der Waals surface area (Å²) in [6.07, 6.45) is 1.28. The summed E-state index contributed by atoms with van der Waals surface area (Å²) >= 11 is 5.99. The van der Waals surface area contributed by atoms with Gasteiger partial charge < -0.3 is 9.47 Å². The molecule has 0 N–H and O–H groups in total. The highest BCUT2D eigenvalue weighted by atomic mass is 35.5. The van der Waals surface area contributed by atoms with Crippen molar-refractivity contribution in [2.75, 3.05) is 0 Å². The largest absolute Gasteiger partial charge is 0.489 e. The van der Waals surface area contributed by atoms with Crippen LogP contribution in [0.2, 0.25) is 5.02 Å². The first-order valence-corrected chi connectivity index (χ1v) is 9.41. The standard InChI is InChI=1S/C23H24ClNO3/c1-14(2)28-23(26)19(12-25)10-18-11-20(16(4)8-15(18)3)13-27-22-7-6-21(24)9-17(22)5/h6-11,14H,13H2,1-5H3. The predicted molar refractivity (Wildman–Crippen MR) is 111 cm³/mol. The monoisotopic (exact) mass is 397 g/mol. The summed E-state index contributed by atoms with van der Waals surface area (Å²) in [5, 5.41) is 10.0. The smallest absolute Gasteiger partial charge is 0.349 e. The summed E-state index contributed by atoms with van der Waals surface area (Å²) in [5.74, 6) is 0.145. The van der Waals surface area contributed by atoms with Crippen molar-refractivity contribution in [3.63, 3.8) is 0 Å². The van der Waals surface area contributed by atoms with Crippen LogP contribution >= 0.6 is 11.6 Å². The molecule has 28 heavy (non-hydrogen) atoms. The van der Waals surface area contributed by atoms with Gasteiger partial charge >= 0.3 is 5.97 Å². The Kier molecular flexibility index (Phi) is 7.25. The first-order chi connectivity index (χ1) is 13.2. The minimum absolute atomic E-state index is 0.0268. The van der Waals surface area contributed by atoms with Gasteiger partial charge in [0.1, 0.15) is 24.0 Å². The van der Waals surface area contributed by atoms with E-state index in [0.717, 1.165) is 33.6 Å². The number of nitriles is 1. The molecule has 0 aliphatic heterocycles. The van der Waals surface area contributed by atoms with E-state index in [1.54, 1.807) is 26.0 Å². The minimum Gasteiger partial charge on any atom is -0.489 e. The maximum atomic E-state index is 12.1. The van der Waals surface area contributed by atoms with Crippen molar-refractivity contribution < 1.29 is 14.3 Å². The van der Waals surface area contributed by atoms with Gasteiger partial charge in [-0.25, -0.2) is 4.79 Å². The van der Waals surface area contributed by atoms with Gasteiger partial charge in [-0.15, -0.1) is 0 Å². The maximum Gasteiger partial charge on any atom is 0.349 e. The van der Waals surface area contributed by atoms with Crippen molar-refractivity contribution in [2.24, 2.45) is 0 Å². The molecule has 146 valence electrons. The van der Waals surface area contributed by atoms with Crippen LogP contribution in [0.1, 0.15) is 41.7 Å². The van der Waals surface area contributed by atoms with Crippen molar-refractivity contribution in [1.82, 2.24) is 0 Å². The Morgan fingerprint density at radius 3 is 2.46 bits per heavy atom. The van der Waals surface area contributed by atoms with E-state index >= 15 is 0 Å². The molecule has 2 aromatic carbocycles. The first kappa shape index (κ1) is 21.5. The van der Waals surface area contributed by atoms with Crippen molar-refractivity contribution >= 4 is 23.6 Å². The SMILES string of the molecule is Cc1cc(C)c(COc2ccc(Cl)cc2C)cc1C=C(C#N)C(=O)OC(C)C. The molecule has 0 unspecified atom stereocenters. The number of carbonyl (C=O) groups is 1.